The van der Waals surface area contributed by atoms with Crippen LogP contribution in [0.15, 0.2) is 53.7 Å². The summed E-state index contributed by atoms with van der Waals surface area (Å²) in [6.45, 7) is 4.13. The maximum absolute atomic E-state index is 14.4. The van der Waals surface area contributed by atoms with Crippen LogP contribution in [0.5, 0.6) is 5.75 Å². The highest BCUT2D eigenvalue weighted by atomic mass is 32.1. The van der Waals surface area contributed by atoms with Gasteiger partial charge in [0.15, 0.2) is 5.11 Å². The maximum atomic E-state index is 14.4. The van der Waals surface area contributed by atoms with Crippen LogP contribution in [0.25, 0.3) is 0 Å². The molecular weight excluding hydrogens is 398 g/mol. The van der Waals surface area contributed by atoms with Gasteiger partial charge in [-0.2, -0.15) is 0 Å². The molecule has 0 unspecified atom stereocenters. The van der Waals surface area contributed by atoms with Crippen molar-refractivity contribution in [3.8, 4) is 5.75 Å². The number of rotatable bonds is 5. The summed E-state index contributed by atoms with van der Waals surface area (Å²) in [4.78, 5) is 14.2. The van der Waals surface area contributed by atoms with Gasteiger partial charge in [0.2, 0.25) is 0 Å². The number of anilines is 1. The van der Waals surface area contributed by atoms with E-state index in [1.165, 1.54) is 13.2 Å². The van der Waals surface area contributed by atoms with Crippen molar-refractivity contribution in [3.63, 3.8) is 0 Å². The normalized spacial score (nSPS) is 16.5. The summed E-state index contributed by atoms with van der Waals surface area (Å²) in [6.07, 6.45) is 0. The molecule has 0 aliphatic carbocycles. The highest BCUT2D eigenvalue weighted by Gasteiger charge is 2.36. The second-order valence-corrected chi connectivity index (χ2v) is 6.69. The summed E-state index contributed by atoms with van der Waals surface area (Å²) in [5, 5.41) is 3.25. The van der Waals surface area contributed by atoms with Crippen LogP contribution < -0.4 is 15.0 Å². The number of allylic oxidation sites excluding steroid dienone is 1. The van der Waals surface area contributed by atoms with E-state index in [-0.39, 0.29) is 16.2 Å². The van der Waals surface area contributed by atoms with E-state index < -0.39 is 23.6 Å². The van der Waals surface area contributed by atoms with Gasteiger partial charge in [0, 0.05) is 23.0 Å². The van der Waals surface area contributed by atoms with E-state index >= 15 is 0 Å². The van der Waals surface area contributed by atoms with Gasteiger partial charge in [-0.05, 0) is 56.4 Å². The number of ether oxygens (including phenoxy) is 2. The first-order chi connectivity index (χ1) is 13.9. The summed E-state index contributed by atoms with van der Waals surface area (Å²) >= 11 is 5.49. The van der Waals surface area contributed by atoms with Crippen molar-refractivity contribution in [2.45, 2.75) is 19.9 Å². The van der Waals surface area contributed by atoms with Gasteiger partial charge in [0.25, 0.3) is 0 Å². The maximum Gasteiger partial charge on any atom is 0.337 e. The van der Waals surface area contributed by atoms with Crippen molar-refractivity contribution < 1.29 is 23.0 Å². The molecule has 1 heterocycles. The quantitative estimate of drug-likeness (QED) is 0.579. The van der Waals surface area contributed by atoms with E-state index in [0.717, 1.165) is 12.1 Å². The van der Waals surface area contributed by atoms with E-state index in [1.54, 1.807) is 36.1 Å². The second kappa shape index (κ2) is 8.57. The Kier molecular flexibility index (Phi) is 6.12. The Labute approximate surface area is 172 Å². The lowest BCUT2D eigenvalue weighted by atomic mass is 9.94. The van der Waals surface area contributed by atoms with Crippen molar-refractivity contribution >= 4 is 29.0 Å². The number of esters is 1. The van der Waals surface area contributed by atoms with E-state index in [9.17, 15) is 13.6 Å². The Morgan fingerprint density at radius 2 is 1.90 bits per heavy atom. The van der Waals surface area contributed by atoms with Gasteiger partial charge < -0.3 is 14.8 Å². The fraction of sp³-hybridized carbons (Fsp3) is 0.238. The summed E-state index contributed by atoms with van der Waals surface area (Å²) in [7, 11) is 1.24. The molecule has 29 heavy (non-hydrogen) atoms. The second-order valence-electron chi connectivity index (χ2n) is 6.30. The van der Waals surface area contributed by atoms with Crippen LogP contribution >= 0.6 is 12.2 Å². The Morgan fingerprint density at radius 1 is 1.21 bits per heavy atom. The van der Waals surface area contributed by atoms with Crippen LogP contribution in [-0.4, -0.2) is 24.8 Å². The molecule has 0 spiro atoms. The number of nitrogens with one attached hydrogen (secondary N) is 1. The molecule has 3 rings (SSSR count). The molecule has 1 aliphatic rings. The Bertz CT molecular complexity index is 976. The minimum absolute atomic E-state index is 0.0971. The van der Waals surface area contributed by atoms with E-state index in [0.29, 0.717) is 23.7 Å². The molecule has 1 N–H and O–H groups in total. The average molecular weight is 418 g/mol. The summed E-state index contributed by atoms with van der Waals surface area (Å²) in [5.41, 5.74) is 1.46. The minimum Gasteiger partial charge on any atom is -0.494 e. The Morgan fingerprint density at radius 3 is 2.48 bits per heavy atom. The number of carbonyl (C=O) groups excluding carboxylic acids is 1. The molecule has 0 saturated heterocycles. The lowest BCUT2D eigenvalue weighted by Crippen LogP contribution is -2.48. The predicted molar refractivity (Wildman–Crippen MR) is 110 cm³/mol. The molecule has 0 amide bonds. The number of methoxy groups -OCH3 is 1. The van der Waals surface area contributed by atoms with Crippen molar-refractivity contribution in [3.05, 3.63) is 70.9 Å². The zero-order valence-electron chi connectivity index (χ0n) is 16.2. The molecule has 0 fully saturated rings. The molecule has 0 aromatic heterocycles. The van der Waals surface area contributed by atoms with E-state index in [1.807, 2.05) is 6.92 Å². The predicted octanol–water partition coefficient (Wildman–Crippen LogP) is 4.25. The SMILES string of the molecule is CCOc1ccc(N2C(=S)N[C@H](c3ccc(F)cc3F)C(C(=O)OC)=C2C)cc1. The first-order valence-electron chi connectivity index (χ1n) is 8.94. The van der Waals surface area contributed by atoms with Crippen molar-refractivity contribution in [2.75, 3.05) is 18.6 Å². The molecular formula is C21H20F2N2O3S. The van der Waals surface area contributed by atoms with Gasteiger partial charge in [-0.3, -0.25) is 4.90 Å². The molecule has 0 radical (unpaired) electrons. The Balaban J connectivity index is 2.09. The molecule has 1 atom stereocenters. The fourth-order valence-corrected chi connectivity index (χ4v) is 3.62. The van der Waals surface area contributed by atoms with Crippen molar-refractivity contribution in [1.29, 1.82) is 0 Å². The lowest BCUT2D eigenvalue weighted by Gasteiger charge is -2.37. The molecule has 152 valence electrons. The van der Waals surface area contributed by atoms with Crippen molar-refractivity contribution in [1.82, 2.24) is 5.32 Å². The standard InChI is InChI=1S/C21H20F2N2O3S/c1-4-28-15-8-6-14(7-9-15)25-12(2)18(20(26)27-3)19(24-21(25)29)16-10-5-13(22)11-17(16)23/h5-11,19H,4H2,1-3H3,(H,24,29)/t19-/m1/s1. The van der Waals surface area contributed by atoms with Gasteiger partial charge in [-0.25, -0.2) is 13.6 Å². The molecule has 0 saturated carbocycles. The zero-order chi connectivity index (χ0) is 21.1. The van der Waals surface area contributed by atoms with Gasteiger partial charge >= 0.3 is 5.97 Å². The van der Waals surface area contributed by atoms with Crippen molar-refractivity contribution in [2.24, 2.45) is 0 Å². The number of nitrogens with zero attached hydrogens (tertiary/aromatic N) is 1. The first-order valence-corrected chi connectivity index (χ1v) is 9.35. The molecule has 5 nitrogen and oxygen atoms in total. The smallest absolute Gasteiger partial charge is 0.337 e. The van der Waals surface area contributed by atoms with Crippen LogP contribution in [0.1, 0.15) is 25.5 Å². The molecule has 1 aliphatic heterocycles. The topological polar surface area (TPSA) is 50.8 Å². The van der Waals surface area contributed by atoms with Gasteiger partial charge in [-0.1, -0.05) is 6.07 Å². The highest BCUT2D eigenvalue weighted by molar-refractivity contribution is 7.80. The van der Waals surface area contributed by atoms with Crippen LogP contribution in [-0.2, 0) is 9.53 Å². The molecule has 8 heteroatoms. The average Bonchev–Trinajstić information content (AvgIpc) is 2.68. The number of halogens is 2. The molecule has 2 aromatic rings. The zero-order valence-corrected chi connectivity index (χ0v) is 17.0. The highest BCUT2D eigenvalue weighted by Crippen LogP contribution is 2.35. The number of thiocarbonyl (C=S) groups is 1. The largest absolute Gasteiger partial charge is 0.494 e. The fourth-order valence-electron chi connectivity index (χ4n) is 3.26. The van der Waals surface area contributed by atoms with E-state index in [4.69, 9.17) is 21.7 Å². The van der Waals surface area contributed by atoms with Crippen LogP contribution in [0, 0.1) is 11.6 Å². The molecule has 0 bridgehead atoms. The van der Waals surface area contributed by atoms with E-state index in [2.05, 4.69) is 5.32 Å². The van der Waals surface area contributed by atoms with Crippen LogP contribution in [0.2, 0.25) is 0 Å². The number of benzene rings is 2. The van der Waals surface area contributed by atoms with Crippen LogP contribution in [0.4, 0.5) is 14.5 Å². The van der Waals surface area contributed by atoms with Crippen LogP contribution in [0.3, 0.4) is 0 Å². The Hall–Kier alpha value is -3.00. The van der Waals surface area contributed by atoms with Gasteiger partial charge in [0.05, 0.1) is 25.3 Å². The third-order valence-electron chi connectivity index (χ3n) is 4.57. The molecule has 2 aromatic carbocycles. The lowest BCUT2D eigenvalue weighted by molar-refractivity contribution is -0.136. The van der Waals surface area contributed by atoms with Gasteiger partial charge in [0.1, 0.15) is 17.4 Å². The summed E-state index contributed by atoms with van der Waals surface area (Å²) < 4.78 is 38.2. The van der Waals surface area contributed by atoms with Gasteiger partial charge in [-0.15, -0.1) is 0 Å². The number of carbonyl (C=O) groups is 1. The first kappa shape index (κ1) is 20.7. The summed E-state index contributed by atoms with van der Waals surface area (Å²) in [6, 6.07) is 9.46. The minimum atomic E-state index is -0.908. The number of hydrogen-bond acceptors (Lipinski definition) is 4. The summed E-state index contributed by atoms with van der Waals surface area (Å²) in [5.74, 6) is -1.43. The third-order valence-corrected chi connectivity index (χ3v) is 4.87. The monoisotopic (exact) mass is 418 g/mol. The third kappa shape index (κ3) is 4.07. The number of hydrogen-bond donors (Lipinski definition) is 1.